The highest BCUT2D eigenvalue weighted by Gasteiger charge is 2.37. The van der Waals surface area contributed by atoms with Crippen LogP contribution in [-0.2, 0) is 5.54 Å². The summed E-state index contributed by atoms with van der Waals surface area (Å²) in [5.74, 6) is 1.34. The Bertz CT molecular complexity index is 392. The first kappa shape index (κ1) is 12.4. The third-order valence-corrected chi connectivity index (χ3v) is 3.57. The maximum Gasteiger partial charge on any atom is 0.128 e. The molecule has 1 saturated heterocycles. The van der Waals surface area contributed by atoms with E-state index in [4.69, 9.17) is 5.73 Å². The third kappa shape index (κ3) is 2.44. The van der Waals surface area contributed by atoms with Gasteiger partial charge >= 0.3 is 0 Å². The zero-order chi connectivity index (χ0) is 12.5. The fourth-order valence-electron chi connectivity index (χ4n) is 2.98. The number of aromatic nitrogens is 1. The second kappa shape index (κ2) is 4.65. The number of pyridine rings is 1. The molecule has 0 radical (unpaired) electrons. The fourth-order valence-corrected chi connectivity index (χ4v) is 2.98. The van der Waals surface area contributed by atoms with Gasteiger partial charge in [0.1, 0.15) is 5.82 Å². The molecule has 0 aromatic carbocycles. The first-order chi connectivity index (χ1) is 8.03. The molecule has 0 aliphatic carbocycles. The Kier molecular flexibility index (Phi) is 3.38. The van der Waals surface area contributed by atoms with Crippen LogP contribution in [0.25, 0.3) is 0 Å². The van der Waals surface area contributed by atoms with Crippen LogP contribution in [0, 0.1) is 12.8 Å². The van der Waals surface area contributed by atoms with Crippen LogP contribution >= 0.6 is 0 Å². The largest absolute Gasteiger partial charge is 0.383 e. The minimum absolute atomic E-state index is 0.0528. The average Bonchev–Trinajstić information content (AvgIpc) is 2.70. The summed E-state index contributed by atoms with van der Waals surface area (Å²) in [5, 5.41) is 3.67. The smallest absolute Gasteiger partial charge is 0.128 e. The van der Waals surface area contributed by atoms with Crippen molar-refractivity contribution in [1.29, 1.82) is 0 Å². The molecule has 2 heterocycles. The Morgan fingerprint density at radius 2 is 2.29 bits per heavy atom. The normalized spacial score (nSPS) is 24.5. The second-order valence-corrected chi connectivity index (χ2v) is 5.66. The molecular weight excluding hydrogens is 210 g/mol. The van der Waals surface area contributed by atoms with Gasteiger partial charge in [-0.2, -0.15) is 0 Å². The van der Waals surface area contributed by atoms with Gasteiger partial charge in [-0.3, -0.25) is 0 Å². The van der Waals surface area contributed by atoms with Crippen molar-refractivity contribution in [2.45, 2.75) is 45.6 Å². The maximum absolute atomic E-state index is 6.08. The summed E-state index contributed by atoms with van der Waals surface area (Å²) in [6.07, 6.45) is 5.36. The lowest BCUT2D eigenvalue weighted by molar-refractivity contribution is 0.311. The van der Waals surface area contributed by atoms with E-state index in [1.54, 1.807) is 0 Å². The molecule has 1 fully saturated rings. The molecule has 2 rings (SSSR count). The molecular formula is C14H23N3. The minimum Gasteiger partial charge on any atom is -0.383 e. The number of rotatable bonds is 3. The summed E-state index contributed by atoms with van der Waals surface area (Å²) >= 11 is 0. The molecule has 17 heavy (non-hydrogen) atoms. The maximum atomic E-state index is 6.08. The Morgan fingerprint density at radius 3 is 2.88 bits per heavy atom. The van der Waals surface area contributed by atoms with E-state index in [1.807, 2.05) is 6.20 Å². The summed E-state index contributed by atoms with van der Waals surface area (Å²) < 4.78 is 0. The van der Waals surface area contributed by atoms with E-state index in [0.29, 0.717) is 11.7 Å². The van der Waals surface area contributed by atoms with Crippen LogP contribution in [0.2, 0.25) is 0 Å². The van der Waals surface area contributed by atoms with Crippen LogP contribution in [0.15, 0.2) is 12.3 Å². The fraction of sp³-hybridized carbons (Fsp3) is 0.643. The molecule has 1 aliphatic heterocycles. The SMILES string of the molecule is Cc1cnc(N)c(C2(CC(C)C)CCCN2)c1. The first-order valence-electron chi connectivity index (χ1n) is 6.51. The molecule has 0 saturated carbocycles. The molecule has 3 nitrogen and oxygen atoms in total. The van der Waals surface area contributed by atoms with Gasteiger partial charge in [-0.05, 0) is 50.3 Å². The first-order valence-corrected chi connectivity index (χ1v) is 6.51. The molecule has 1 atom stereocenters. The summed E-state index contributed by atoms with van der Waals surface area (Å²) in [7, 11) is 0. The number of hydrogen-bond donors (Lipinski definition) is 2. The lowest BCUT2D eigenvalue weighted by atomic mass is 9.81. The quantitative estimate of drug-likeness (QED) is 0.843. The topological polar surface area (TPSA) is 50.9 Å². The number of nitrogens with zero attached hydrogens (tertiary/aromatic N) is 1. The Balaban J connectivity index is 2.41. The van der Waals surface area contributed by atoms with Gasteiger partial charge in [-0.25, -0.2) is 4.98 Å². The summed E-state index contributed by atoms with van der Waals surface area (Å²) in [6, 6.07) is 2.20. The number of anilines is 1. The van der Waals surface area contributed by atoms with Gasteiger partial charge in [0.2, 0.25) is 0 Å². The van der Waals surface area contributed by atoms with Gasteiger partial charge in [0.15, 0.2) is 0 Å². The van der Waals surface area contributed by atoms with Crippen molar-refractivity contribution in [3.05, 3.63) is 23.4 Å². The predicted octanol–water partition coefficient (Wildman–Crippen LogP) is 2.60. The van der Waals surface area contributed by atoms with E-state index in [-0.39, 0.29) is 5.54 Å². The van der Waals surface area contributed by atoms with Crippen LogP contribution in [-0.4, -0.2) is 11.5 Å². The number of aryl methyl sites for hydroxylation is 1. The monoisotopic (exact) mass is 233 g/mol. The number of nitrogens with two attached hydrogens (primary N) is 1. The van der Waals surface area contributed by atoms with Gasteiger partial charge in [-0.1, -0.05) is 13.8 Å². The predicted molar refractivity (Wildman–Crippen MR) is 71.8 cm³/mol. The van der Waals surface area contributed by atoms with Crippen molar-refractivity contribution in [3.8, 4) is 0 Å². The molecule has 3 N–H and O–H groups in total. The standard InChI is InChI=1S/C14H23N3/c1-10(2)8-14(5-4-6-17-14)12-7-11(3)9-16-13(12)15/h7,9-10,17H,4-6,8H2,1-3H3,(H2,15,16). The van der Waals surface area contributed by atoms with Gasteiger partial charge in [0, 0.05) is 17.3 Å². The van der Waals surface area contributed by atoms with E-state index < -0.39 is 0 Å². The van der Waals surface area contributed by atoms with Crippen LogP contribution in [0.4, 0.5) is 5.82 Å². The zero-order valence-electron chi connectivity index (χ0n) is 11.1. The Labute approximate surface area is 104 Å². The van der Waals surface area contributed by atoms with E-state index >= 15 is 0 Å². The van der Waals surface area contributed by atoms with E-state index in [1.165, 1.54) is 24.0 Å². The van der Waals surface area contributed by atoms with Gasteiger partial charge in [0.05, 0.1) is 0 Å². The minimum atomic E-state index is 0.0528. The second-order valence-electron chi connectivity index (χ2n) is 5.66. The van der Waals surface area contributed by atoms with Gasteiger partial charge in [-0.15, -0.1) is 0 Å². The Hall–Kier alpha value is -1.09. The van der Waals surface area contributed by atoms with Crippen molar-refractivity contribution in [2.75, 3.05) is 12.3 Å². The number of nitrogen functional groups attached to an aromatic ring is 1. The van der Waals surface area contributed by atoms with Crippen molar-refractivity contribution in [2.24, 2.45) is 5.92 Å². The lowest BCUT2D eigenvalue weighted by Crippen LogP contribution is -2.39. The average molecular weight is 233 g/mol. The zero-order valence-corrected chi connectivity index (χ0v) is 11.1. The summed E-state index contributed by atoms with van der Waals surface area (Å²) in [5.41, 5.74) is 8.52. The van der Waals surface area contributed by atoms with Gasteiger partial charge in [0.25, 0.3) is 0 Å². The highest BCUT2D eigenvalue weighted by Crippen LogP contribution is 2.39. The highest BCUT2D eigenvalue weighted by atomic mass is 15.0. The molecule has 94 valence electrons. The molecule has 0 amide bonds. The lowest BCUT2D eigenvalue weighted by Gasteiger charge is -2.33. The highest BCUT2D eigenvalue weighted by molar-refractivity contribution is 5.46. The number of hydrogen-bond acceptors (Lipinski definition) is 3. The molecule has 1 aromatic rings. The van der Waals surface area contributed by atoms with Crippen molar-refractivity contribution >= 4 is 5.82 Å². The molecule has 0 spiro atoms. The molecule has 0 bridgehead atoms. The van der Waals surface area contributed by atoms with Crippen molar-refractivity contribution in [3.63, 3.8) is 0 Å². The summed E-state index contributed by atoms with van der Waals surface area (Å²) in [4.78, 5) is 4.31. The van der Waals surface area contributed by atoms with Crippen LogP contribution < -0.4 is 11.1 Å². The van der Waals surface area contributed by atoms with E-state index in [9.17, 15) is 0 Å². The van der Waals surface area contributed by atoms with Crippen LogP contribution in [0.1, 0.15) is 44.2 Å². The van der Waals surface area contributed by atoms with E-state index in [2.05, 4.69) is 37.1 Å². The van der Waals surface area contributed by atoms with Crippen molar-refractivity contribution in [1.82, 2.24) is 10.3 Å². The third-order valence-electron chi connectivity index (χ3n) is 3.57. The molecule has 1 aliphatic rings. The number of nitrogens with one attached hydrogen (secondary N) is 1. The Morgan fingerprint density at radius 1 is 1.53 bits per heavy atom. The van der Waals surface area contributed by atoms with Crippen molar-refractivity contribution < 1.29 is 0 Å². The van der Waals surface area contributed by atoms with E-state index in [0.717, 1.165) is 13.0 Å². The summed E-state index contributed by atoms with van der Waals surface area (Å²) in [6.45, 7) is 7.69. The molecule has 1 unspecified atom stereocenters. The molecule has 1 aromatic heterocycles. The van der Waals surface area contributed by atoms with Crippen LogP contribution in [0.5, 0.6) is 0 Å². The van der Waals surface area contributed by atoms with Crippen LogP contribution in [0.3, 0.4) is 0 Å². The molecule has 3 heteroatoms. The van der Waals surface area contributed by atoms with Gasteiger partial charge < -0.3 is 11.1 Å².